The molecule has 3 aromatic rings. The van der Waals surface area contributed by atoms with Crippen molar-refractivity contribution in [3.8, 4) is 11.5 Å². The van der Waals surface area contributed by atoms with E-state index in [1.54, 1.807) is 11.1 Å². The lowest BCUT2D eigenvalue weighted by molar-refractivity contribution is -0.0859. The van der Waals surface area contributed by atoms with Crippen LogP contribution in [0.15, 0.2) is 53.1 Å². The van der Waals surface area contributed by atoms with Gasteiger partial charge in [0.15, 0.2) is 5.58 Å². The molecular weight excluding hydrogens is 320 g/mol. The van der Waals surface area contributed by atoms with E-state index in [2.05, 4.69) is 5.16 Å². The van der Waals surface area contributed by atoms with Crippen molar-refractivity contribution < 1.29 is 19.2 Å². The molecule has 0 amide bonds. The smallest absolute Gasteiger partial charge is 0.167 e. The third-order valence-electron chi connectivity index (χ3n) is 3.81. The van der Waals surface area contributed by atoms with Crippen molar-refractivity contribution in [2.45, 2.75) is 20.0 Å². The van der Waals surface area contributed by atoms with Crippen LogP contribution in [-0.4, -0.2) is 41.1 Å². The highest BCUT2D eigenvalue weighted by atomic mass is 16.7. The molecule has 3 rings (SSSR count). The second-order valence-electron chi connectivity index (χ2n) is 5.78. The fraction of sp³-hybridized carbons (Fsp3) is 0.316. The molecule has 0 radical (unpaired) electrons. The van der Waals surface area contributed by atoms with Crippen molar-refractivity contribution in [2.24, 2.45) is 0 Å². The van der Waals surface area contributed by atoms with Crippen LogP contribution in [0.1, 0.15) is 12.6 Å². The minimum atomic E-state index is -0.678. The highest BCUT2D eigenvalue weighted by Gasteiger charge is 2.13. The number of aryl methyl sites for hydroxylation is 1. The first-order valence-electron chi connectivity index (χ1n) is 8.30. The number of aliphatic hydroxyl groups is 1. The number of para-hydroxylation sites is 1. The van der Waals surface area contributed by atoms with Crippen LogP contribution in [0.25, 0.3) is 11.0 Å². The molecule has 1 atom stereocenters. The lowest BCUT2D eigenvalue weighted by atomic mass is 10.2. The number of aromatic nitrogens is 1. The molecule has 0 aliphatic rings. The number of fused-ring (bicyclic) bond motifs is 1. The Hall–Kier alpha value is -2.57. The number of ether oxygens (including phenoxy) is 1. The van der Waals surface area contributed by atoms with E-state index in [1.165, 1.54) is 0 Å². The molecule has 0 saturated carbocycles. The van der Waals surface area contributed by atoms with Crippen LogP contribution in [0.2, 0.25) is 0 Å². The van der Waals surface area contributed by atoms with Crippen molar-refractivity contribution in [1.82, 2.24) is 10.2 Å². The Balaban J connectivity index is 1.53. The summed E-state index contributed by atoms with van der Waals surface area (Å²) in [6.45, 7) is 5.02. The van der Waals surface area contributed by atoms with Gasteiger partial charge in [-0.2, -0.15) is 0 Å². The molecule has 6 heteroatoms. The number of hydrogen-bond donors (Lipinski definition) is 1. The van der Waals surface area contributed by atoms with Crippen LogP contribution < -0.4 is 9.57 Å². The number of benzene rings is 2. The number of aliphatic hydroxyl groups excluding tert-OH is 1. The van der Waals surface area contributed by atoms with E-state index in [0.717, 1.165) is 22.4 Å². The van der Waals surface area contributed by atoms with E-state index >= 15 is 0 Å². The lowest BCUT2D eigenvalue weighted by Crippen LogP contribution is -2.37. The molecule has 1 N–H and O–H groups in total. The number of nitrogens with zero attached hydrogens (tertiary/aromatic N) is 2. The summed E-state index contributed by atoms with van der Waals surface area (Å²) in [5, 5.41) is 16.8. The number of hydrogen-bond acceptors (Lipinski definition) is 6. The Morgan fingerprint density at radius 2 is 1.96 bits per heavy atom. The molecule has 1 unspecified atom stereocenters. The van der Waals surface area contributed by atoms with Crippen LogP contribution in [0, 0.1) is 6.92 Å². The zero-order valence-electron chi connectivity index (χ0n) is 14.4. The Labute approximate surface area is 146 Å². The first-order chi connectivity index (χ1) is 12.2. The summed E-state index contributed by atoms with van der Waals surface area (Å²) >= 11 is 0. The van der Waals surface area contributed by atoms with Gasteiger partial charge in [-0.15, -0.1) is 5.06 Å². The zero-order chi connectivity index (χ0) is 17.6. The molecule has 0 aliphatic carbocycles. The molecule has 0 saturated heterocycles. The quantitative estimate of drug-likeness (QED) is 0.634. The van der Waals surface area contributed by atoms with Gasteiger partial charge in [-0.3, -0.25) is 0 Å². The van der Waals surface area contributed by atoms with Gasteiger partial charge in [-0.1, -0.05) is 23.4 Å². The predicted molar refractivity (Wildman–Crippen MR) is 94.6 cm³/mol. The molecule has 0 fully saturated rings. The van der Waals surface area contributed by atoms with E-state index in [4.69, 9.17) is 14.1 Å². The summed E-state index contributed by atoms with van der Waals surface area (Å²) in [7, 11) is 0. The summed E-state index contributed by atoms with van der Waals surface area (Å²) in [4.78, 5) is 5.75. The van der Waals surface area contributed by atoms with Crippen molar-refractivity contribution >= 4 is 11.0 Å². The van der Waals surface area contributed by atoms with Gasteiger partial charge in [0.05, 0.1) is 12.2 Å². The van der Waals surface area contributed by atoms with Crippen LogP contribution in [0.4, 0.5) is 0 Å². The molecule has 0 aliphatic heterocycles. The molecule has 132 valence electrons. The molecule has 6 nitrogen and oxygen atoms in total. The number of rotatable bonds is 8. The van der Waals surface area contributed by atoms with Gasteiger partial charge in [0.1, 0.15) is 24.2 Å². The summed E-state index contributed by atoms with van der Waals surface area (Å²) in [6.07, 6.45) is -0.678. The average molecular weight is 342 g/mol. The van der Waals surface area contributed by atoms with Crippen LogP contribution in [-0.2, 0) is 0 Å². The largest absolute Gasteiger partial charge is 0.491 e. The van der Waals surface area contributed by atoms with E-state index < -0.39 is 6.10 Å². The van der Waals surface area contributed by atoms with Crippen molar-refractivity contribution in [3.05, 3.63) is 54.2 Å². The summed E-state index contributed by atoms with van der Waals surface area (Å²) < 4.78 is 10.9. The summed E-state index contributed by atoms with van der Waals surface area (Å²) in [5.74, 6) is 1.41. The zero-order valence-corrected chi connectivity index (χ0v) is 14.4. The van der Waals surface area contributed by atoms with Crippen LogP contribution in [0.5, 0.6) is 11.5 Å². The molecule has 25 heavy (non-hydrogen) atoms. The summed E-state index contributed by atoms with van der Waals surface area (Å²) in [6, 6.07) is 15.0. The third kappa shape index (κ3) is 4.49. The lowest BCUT2D eigenvalue weighted by Gasteiger charge is -2.23. The first kappa shape index (κ1) is 17.3. The van der Waals surface area contributed by atoms with Crippen LogP contribution >= 0.6 is 0 Å². The normalized spacial score (nSPS) is 12.5. The highest BCUT2D eigenvalue weighted by molar-refractivity contribution is 5.80. The maximum absolute atomic E-state index is 10.2. The van der Waals surface area contributed by atoms with Gasteiger partial charge in [0, 0.05) is 11.9 Å². The highest BCUT2D eigenvalue weighted by Crippen LogP contribution is 2.23. The maximum atomic E-state index is 10.2. The minimum Gasteiger partial charge on any atom is -0.491 e. The van der Waals surface area contributed by atoms with E-state index in [1.807, 2.05) is 56.3 Å². The molecule has 2 aromatic carbocycles. The van der Waals surface area contributed by atoms with Crippen molar-refractivity contribution in [1.29, 1.82) is 0 Å². The molecule has 0 bridgehead atoms. The second kappa shape index (κ2) is 8.00. The topological polar surface area (TPSA) is 68.0 Å². The number of likely N-dealkylation sites (N-methyl/N-ethyl adjacent to an activating group) is 1. The monoisotopic (exact) mass is 342 g/mol. The van der Waals surface area contributed by atoms with E-state index in [9.17, 15) is 5.11 Å². The Kier molecular flexibility index (Phi) is 5.53. The predicted octanol–water partition coefficient (Wildman–Crippen LogP) is 3.19. The Bertz CT molecular complexity index is 804. The van der Waals surface area contributed by atoms with E-state index in [0.29, 0.717) is 18.8 Å². The second-order valence-corrected chi connectivity index (χ2v) is 5.78. The minimum absolute atomic E-state index is 0.171. The molecular formula is C19H22N2O4. The van der Waals surface area contributed by atoms with Gasteiger partial charge in [-0.05, 0) is 44.2 Å². The van der Waals surface area contributed by atoms with Crippen LogP contribution in [0.3, 0.4) is 0 Å². The molecule has 1 heterocycles. The molecule has 0 spiro atoms. The van der Waals surface area contributed by atoms with E-state index in [-0.39, 0.29) is 6.61 Å². The van der Waals surface area contributed by atoms with Gasteiger partial charge in [0.25, 0.3) is 0 Å². The third-order valence-corrected chi connectivity index (χ3v) is 3.81. The molecule has 1 aromatic heterocycles. The van der Waals surface area contributed by atoms with Gasteiger partial charge in [-0.25, -0.2) is 0 Å². The van der Waals surface area contributed by atoms with Crippen molar-refractivity contribution in [3.63, 3.8) is 0 Å². The maximum Gasteiger partial charge on any atom is 0.167 e. The van der Waals surface area contributed by atoms with Gasteiger partial charge >= 0.3 is 0 Å². The number of hydroxylamine groups is 2. The first-order valence-corrected chi connectivity index (χ1v) is 8.30. The van der Waals surface area contributed by atoms with Crippen molar-refractivity contribution in [2.75, 3.05) is 19.7 Å². The average Bonchev–Trinajstić information content (AvgIpc) is 3.01. The fourth-order valence-electron chi connectivity index (χ4n) is 2.47. The summed E-state index contributed by atoms with van der Waals surface area (Å²) in [5.41, 5.74) is 1.54. The Morgan fingerprint density at radius 3 is 2.72 bits per heavy atom. The SMILES string of the molecule is CCN(CC(O)COc1ccc2onc(C)c2c1)Oc1ccccc1. The fourth-order valence-corrected chi connectivity index (χ4v) is 2.47. The van der Waals surface area contributed by atoms with Gasteiger partial charge in [0.2, 0.25) is 0 Å². The standard InChI is InChI=1S/C19H22N2O4/c1-3-21(25-16-7-5-4-6-8-16)12-15(22)13-23-17-9-10-19-18(11-17)14(2)20-24-19/h4-11,15,22H,3,12-13H2,1-2H3. The van der Waals surface area contributed by atoms with Gasteiger partial charge < -0.3 is 19.2 Å². The Morgan fingerprint density at radius 1 is 1.16 bits per heavy atom.